The Labute approximate surface area is 872 Å². The molecule has 756 valence electrons. The summed E-state index contributed by atoms with van der Waals surface area (Å²) in [5.41, 5.74) is 24.6. The zero-order valence-corrected chi connectivity index (χ0v) is 86.4. The fraction of sp³-hybridized carbons (Fsp3) is 0.273. The molecule has 145 heavy (non-hydrogen) atoms. The summed E-state index contributed by atoms with van der Waals surface area (Å²) in [6, 6.07) is 34.5. The Hall–Kier alpha value is -13.2. The van der Waals surface area contributed by atoms with Crippen molar-refractivity contribution >= 4 is 176 Å². The smallest absolute Gasteiger partial charge is 0.491 e. The number of benzene rings is 7. The number of nitrogens with two attached hydrogens (primary N) is 3. The lowest BCUT2D eigenvalue weighted by Gasteiger charge is -2.32. The number of aromatic nitrogens is 13. The Bertz CT molecular complexity index is 7150. The molecule has 0 radical (unpaired) electrons. The van der Waals surface area contributed by atoms with E-state index in [1.165, 1.54) is 81.7 Å². The van der Waals surface area contributed by atoms with Crippen LogP contribution in [0.25, 0.3) is 45.0 Å². The first kappa shape index (κ1) is 108. The quantitative estimate of drug-likeness (QED) is 0.0185. The number of para-hydroxylation sites is 1. The number of amides is 3. The average Bonchev–Trinajstić information content (AvgIpc) is 1.62. The Morgan fingerprint density at radius 3 is 1.44 bits per heavy atom. The highest BCUT2D eigenvalue weighted by Gasteiger charge is 2.52. The van der Waals surface area contributed by atoms with Crippen molar-refractivity contribution in [1.29, 1.82) is 0 Å². The van der Waals surface area contributed by atoms with E-state index in [9.17, 15) is 51.2 Å². The molecule has 3 saturated carbocycles. The molecule has 8 aromatic heterocycles. The van der Waals surface area contributed by atoms with Crippen LogP contribution in [0.3, 0.4) is 0 Å². The topological polar surface area (TPSA) is 424 Å². The lowest BCUT2D eigenvalue weighted by atomic mass is 9.78. The normalized spacial score (nSPS) is 15.0. The van der Waals surface area contributed by atoms with Crippen LogP contribution < -0.4 is 42.2 Å². The second kappa shape index (κ2) is 47.3. The summed E-state index contributed by atoms with van der Waals surface area (Å²) >= 11 is 32.7. The minimum atomic E-state index is -0.942. The fourth-order valence-corrected chi connectivity index (χ4v) is 16.8. The second-order valence-electron chi connectivity index (χ2n) is 34.9. The molecule has 3 aliphatic carbocycles. The van der Waals surface area contributed by atoms with Gasteiger partial charge in [0.1, 0.15) is 122 Å². The number of fused-ring (bicyclic) bond motifs is 5. The summed E-state index contributed by atoms with van der Waals surface area (Å²) in [6.07, 6.45) is 20.9. The van der Waals surface area contributed by atoms with E-state index in [0.29, 0.717) is 101 Å². The van der Waals surface area contributed by atoms with Crippen molar-refractivity contribution in [3.05, 3.63) is 313 Å². The van der Waals surface area contributed by atoms with Gasteiger partial charge in [0.25, 0.3) is 17.7 Å². The van der Waals surface area contributed by atoms with Crippen molar-refractivity contribution < 1.29 is 79.1 Å². The van der Waals surface area contributed by atoms with Gasteiger partial charge in [0, 0.05) is 96.8 Å². The minimum Gasteiger partial charge on any atom is -0.491 e. The van der Waals surface area contributed by atoms with E-state index in [2.05, 4.69) is 103 Å². The van der Waals surface area contributed by atoms with E-state index in [1.807, 2.05) is 78.4 Å². The lowest BCUT2D eigenvalue weighted by Crippen LogP contribution is -2.41. The standard InChI is InChI=1S/C25H28BF2NO4.C19H16BrF2NO2.C12H12FNO2.C11H9ClN4.C10H8ClN5.C7H5Br2F.C5H4ClN3O2.C5H6ClN3.C5H6N2O2/c1-24(2)25(3,4)33-26(32-24)18-8-7-16(19(27)13-18)14-29-9-10-31-21-12-17(15-5-6-15)11-20(28)22(21)23(29)30;20-14-4-3-12(15(21)9-14)10-23-5-6-25-17-8-13(11-1-2-11)7-16(22)18(17)19(23)24;13-9-5-8(7-1-2-7)6-10-11(9)12(15)14-3-4-16-10;1-16-6-7(5-13-16)11-14-9-4-2-3-8(12)10(9)15-11;1-16-5-6(4-13-16)9-14-8-7(11)2-3-12-10(8)15-9;8-4-5-1-2-6(9)3-7(5)10;6-3-1-2-8-5(7)4(3)9(10)11;6-3-1-2-9-5(8)4(3)7;1-7-3-4(2-6-7)5(8)9/h7-8,11-13,15H,5-6,9-10,14H2,1-4H3;3-4,7-9,11H,1-2,5-6,10H2;5-7H,1-4H2,(H,14,15);2-6H,1H3,(H,14,15);2-5H,1H3,(H,12,14,15);1-3H,4H2;1-2H,(H2,7,8);1-2H,7H2,(H2,8,9);2-3H,1H3,(H,8,9). The number of aromatic carboxylic acids is 1. The number of aromatic amines is 2. The highest BCUT2D eigenvalue weighted by atomic mass is 79.9. The third kappa shape index (κ3) is 27.3. The van der Waals surface area contributed by atoms with Crippen LogP contribution in [0.2, 0.25) is 20.1 Å². The van der Waals surface area contributed by atoms with E-state index in [1.54, 1.807) is 95.7 Å². The van der Waals surface area contributed by atoms with Crippen LogP contribution in [0.4, 0.5) is 49.4 Å². The van der Waals surface area contributed by atoms with Crippen LogP contribution >= 0.6 is 94.2 Å². The summed E-state index contributed by atoms with van der Waals surface area (Å²) in [4.78, 5) is 86.7. The Morgan fingerprint density at radius 1 is 0.545 bits per heavy atom. The molecule has 22 rings (SSSR count). The third-order valence-corrected chi connectivity index (χ3v) is 26.6. The number of nitrogen functional groups attached to an aromatic ring is 3. The maximum atomic E-state index is 15.0. The van der Waals surface area contributed by atoms with Crippen LogP contribution in [-0.2, 0) is 48.9 Å². The zero-order valence-electron chi connectivity index (χ0n) is 78.6. The summed E-state index contributed by atoms with van der Waals surface area (Å²) in [5, 5.41) is 35.3. The van der Waals surface area contributed by atoms with Gasteiger partial charge in [-0.3, -0.25) is 38.5 Å². The van der Waals surface area contributed by atoms with Crippen LogP contribution in [0.1, 0.15) is 159 Å². The van der Waals surface area contributed by atoms with Crippen molar-refractivity contribution in [3.63, 3.8) is 0 Å². The molecule has 1 saturated heterocycles. The highest BCUT2D eigenvalue weighted by Crippen LogP contribution is 2.47. The van der Waals surface area contributed by atoms with Gasteiger partial charge in [0.2, 0.25) is 5.82 Å². The number of hydrogen-bond donors (Lipinski definition) is 7. The van der Waals surface area contributed by atoms with Gasteiger partial charge in [-0.25, -0.2) is 56.1 Å². The first-order valence-corrected chi connectivity index (χ1v) is 49.2. The van der Waals surface area contributed by atoms with Gasteiger partial charge >= 0.3 is 18.8 Å². The summed E-state index contributed by atoms with van der Waals surface area (Å²) in [6.45, 7) is 9.66. The van der Waals surface area contributed by atoms with Gasteiger partial charge in [0.05, 0.1) is 97.3 Å². The number of pyridine rings is 3. The molecule has 0 bridgehead atoms. The summed E-state index contributed by atoms with van der Waals surface area (Å²) in [7, 11) is 4.73. The molecule has 4 fully saturated rings. The van der Waals surface area contributed by atoms with E-state index >= 15 is 4.39 Å². The number of nitrogens with one attached hydrogen (secondary N) is 3. The maximum Gasteiger partial charge on any atom is 0.494 e. The molecule has 3 amide bonds. The molecular formula is C99H94BBr3Cl4F6N20O12. The van der Waals surface area contributed by atoms with Gasteiger partial charge in [0.15, 0.2) is 5.65 Å². The van der Waals surface area contributed by atoms with Crippen molar-refractivity contribution in [2.75, 3.05) is 56.7 Å². The first-order chi connectivity index (χ1) is 69.1. The van der Waals surface area contributed by atoms with Gasteiger partial charge in [-0.2, -0.15) is 15.3 Å². The molecule has 15 aromatic rings. The predicted molar refractivity (Wildman–Crippen MR) is 549 cm³/mol. The number of carbonyl (C=O) groups excluding carboxylic acids is 3. The molecule has 12 heterocycles. The lowest BCUT2D eigenvalue weighted by molar-refractivity contribution is -0.384. The molecule has 32 nitrogen and oxygen atoms in total. The fourth-order valence-electron chi connectivity index (χ4n) is 14.9. The molecule has 7 aliphatic rings. The van der Waals surface area contributed by atoms with E-state index in [-0.39, 0.29) is 101 Å². The molecule has 46 heteroatoms. The van der Waals surface area contributed by atoms with Crippen LogP contribution in [0.5, 0.6) is 17.2 Å². The number of carboxylic acids is 1. The van der Waals surface area contributed by atoms with Crippen molar-refractivity contribution in [2.45, 2.75) is 114 Å². The number of rotatable bonds is 13. The largest absolute Gasteiger partial charge is 0.494 e. The number of ether oxygens (including phenoxy) is 3. The number of imidazole rings is 2. The van der Waals surface area contributed by atoms with Crippen molar-refractivity contribution in [2.24, 2.45) is 21.1 Å². The number of aryl methyl sites for hydroxylation is 3. The molecule has 0 atom stereocenters. The number of carbonyl (C=O) groups is 4. The van der Waals surface area contributed by atoms with Gasteiger partial charge in [-0.1, -0.05) is 125 Å². The average molecular weight is 2260 g/mol. The monoisotopic (exact) mass is 2260 g/mol. The third-order valence-electron chi connectivity index (χ3n) is 23.8. The van der Waals surface area contributed by atoms with Crippen molar-refractivity contribution in [3.8, 4) is 40.0 Å². The molecular weight excluding hydrogens is 2170 g/mol. The predicted octanol–water partition coefficient (Wildman–Crippen LogP) is 21.0. The number of alkyl halides is 1. The molecule has 0 unspecified atom stereocenters. The number of nitrogens with zero attached hydrogens (tertiary/aromatic N) is 14. The van der Waals surface area contributed by atoms with Crippen molar-refractivity contribution in [1.82, 2.24) is 79.3 Å². The summed E-state index contributed by atoms with van der Waals surface area (Å²) < 4.78 is 120. The maximum absolute atomic E-state index is 15.0. The Kier molecular flexibility index (Phi) is 35.1. The second-order valence-corrected chi connectivity index (χ2v) is 39.0. The van der Waals surface area contributed by atoms with Gasteiger partial charge in [-0.15, -0.1) is 0 Å². The molecule has 0 spiro atoms. The Balaban J connectivity index is 0.000000134. The van der Waals surface area contributed by atoms with Crippen LogP contribution in [0, 0.1) is 45.0 Å². The SMILES string of the molecule is CC1(C)OB(c2ccc(CN3CCOc4cc(C5CC5)cc(F)c4C3=O)c(F)c2)OC1(C)C.Cn1cc(-c2nc3c(Cl)cccc3[nH]2)cn1.Cn1cc(-c2nc3nccc(Cl)c3[nH]2)cn1.Cn1cc(C(=O)O)cn1.Fc1cc(Br)ccc1CBr.Nc1nccc(Cl)c1N.Nc1nccc(Cl)c1[N+](=O)[O-].O=C1NCCOc2cc(C3CC3)cc(F)c21.O=C1c2c(F)cc(C3CC3)cc2OCCN1Cc1ccc(Br)cc1F. The van der Waals surface area contributed by atoms with Crippen LogP contribution in [-0.4, -0.2) is 166 Å². The number of nitro groups is 1. The van der Waals surface area contributed by atoms with E-state index < -0.39 is 70.1 Å². The molecule has 10 N–H and O–H groups in total. The highest BCUT2D eigenvalue weighted by molar-refractivity contribution is 9.10. The zero-order chi connectivity index (χ0) is 104. The number of carboxylic acid groups (broad SMARTS) is 1. The minimum absolute atomic E-state index is 0.00231. The van der Waals surface area contributed by atoms with Gasteiger partial charge in [-0.05, 0) is 209 Å². The van der Waals surface area contributed by atoms with E-state index in [4.69, 9.17) is 92.2 Å². The van der Waals surface area contributed by atoms with Crippen LogP contribution in [0.15, 0.2) is 192 Å². The number of H-pyrrole nitrogens is 2. The van der Waals surface area contributed by atoms with E-state index in [0.717, 1.165) is 99.0 Å². The molecule has 4 aliphatic heterocycles. The molecule has 7 aromatic carbocycles. The number of hydrogen-bond acceptors (Lipinski definition) is 22. The summed E-state index contributed by atoms with van der Waals surface area (Å²) in [5.74, 6) is -1.18. The number of halogens is 13. The first-order valence-electron chi connectivity index (χ1n) is 45.0. The van der Waals surface area contributed by atoms with Gasteiger partial charge < -0.3 is 70.9 Å². The Morgan fingerprint density at radius 2 is 1.01 bits per heavy atom. The number of anilines is 3.